The summed E-state index contributed by atoms with van der Waals surface area (Å²) in [6.07, 6.45) is 1.06. The van der Waals surface area contributed by atoms with E-state index < -0.39 is 0 Å². The van der Waals surface area contributed by atoms with Crippen LogP contribution in [0, 0.1) is 0 Å². The van der Waals surface area contributed by atoms with E-state index in [9.17, 15) is 5.11 Å². The summed E-state index contributed by atoms with van der Waals surface area (Å²) in [5, 5.41) is 13.5. The molecule has 0 amide bonds. The summed E-state index contributed by atoms with van der Waals surface area (Å²) in [4.78, 5) is 2.33. The third-order valence-corrected chi connectivity index (χ3v) is 4.17. The van der Waals surface area contributed by atoms with E-state index in [0.29, 0.717) is 5.75 Å². The van der Waals surface area contributed by atoms with Crippen LogP contribution in [0.1, 0.15) is 30.5 Å². The van der Waals surface area contributed by atoms with Gasteiger partial charge in [-0.2, -0.15) is 0 Å². The molecule has 0 fully saturated rings. The number of rotatable bonds is 9. The lowest BCUT2D eigenvalue weighted by Crippen LogP contribution is -2.25. The maximum Gasteiger partial charge on any atom is 0.124 e. The Morgan fingerprint density at radius 2 is 1.92 bits per heavy atom. The van der Waals surface area contributed by atoms with E-state index in [2.05, 4.69) is 48.5 Å². The molecule has 4 nitrogen and oxygen atoms in total. The highest BCUT2D eigenvalue weighted by Gasteiger charge is 2.10. The first-order valence-electron chi connectivity index (χ1n) is 8.43. The van der Waals surface area contributed by atoms with Gasteiger partial charge in [0.2, 0.25) is 0 Å². The molecule has 0 saturated carbocycles. The summed E-state index contributed by atoms with van der Waals surface area (Å²) >= 11 is 0. The van der Waals surface area contributed by atoms with Crippen molar-refractivity contribution in [1.29, 1.82) is 0 Å². The highest BCUT2D eigenvalue weighted by Crippen LogP contribution is 2.28. The second-order valence-corrected chi connectivity index (χ2v) is 6.18. The zero-order valence-corrected chi connectivity index (χ0v) is 14.8. The molecule has 0 saturated heterocycles. The van der Waals surface area contributed by atoms with Crippen molar-refractivity contribution in [3.63, 3.8) is 0 Å². The minimum atomic E-state index is 0.107. The van der Waals surface area contributed by atoms with Crippen LogP contribution in [-0.4, -0.2) is 37.3 Å². The van der Waals surface area contributed by atoms with E-state index in [1.165, 1.54) is 5.56 Å². The minimum absolute atomic E-state index is 0.107. The Morgan fingerprint density at radius 3 is 2.58 bits per heavy atom. The van der Waals surface area contributed by atoms with E-state index in [-0.39, 0.29) is 11.8 Å². The van der Waals surface area contributed by atoms with Gasteiger partial charge in [0, 0.05) is 24.2 Å². The van der Waals surface area contributed by atoms with Gasteiger partial charge in [-0.15, -0.1) is 0 Å². The van der Waals surface area contributed by atoms with Crippen LogP contribution in [0.3, 0.4) is 0 Å². The van der Waals surface area contributed by atoms with E-state index in [0.717, 1.165) is 31.6 Å². The van der Waals surface area contributed by atoms with Crippen molar-refractivity contribution in [2.24, 2.45) is 0 Å². The molecular formula is C20H28N2O2. The molecule has 1 atom stereocenters. The molecule has 130 valence electrons. The van der Waals surface area contributed by atoms with Crippen LogP contribution in [0.2, 0.25) is 0 Å². The largest absolute Gasteiger partial charge is 0.507 e. The van der Waals surface area contributed by atoms with Gasteiger partial charge in [-0.05, 0) is 45.1 Å². The van der Waals surface area contributed by atoms with Crippen molar-refractivity contribution in [3.8, 4) is 11.5 Å². The van der Waals surface area contributed by atoms with E-state index in [1.54, 1.807) is 13.2 Å². The standard InChI is InChI=1S/C20H28N2O2/c1-16(19-11-10-18(24-3)14-20(19)23)21-12-7-13-22(2)15-17-8-5-4-6-9-17/h4-6,8-11,14,16,21,23H,7,12-13,15H2,1-3H3. The maximum atomic E-state index is 10.1. The number of ether oxygens (including phenoxy) is 1. The lowest BCUT2D eigenvalue weighted by Gasteiger charge is -2.19. The molecule has 0 aliphatic rings. The molecule has 0 aliphatic heterocycles. The monoisotopic (exact) mass is 328 g/mol. The molecule has 4 heteroatoms. The second kappa shape index (κ2) is 9.30. The highest BCUT2D eigenvalue weighted by atomic mass is 16.5. The normalized spacial score (nSPS) is 12.3. The Balaban J connectivity index is 1.71. The Labute approximate surface area is 145 Å². The average Bonchev–Trinajstić information content (AvgIpc) is 2.59. The summed E-state index contributed by atoms with van der Waals surface area (Å²) in [6.45, 7) is 4.97. The predicted molar refractivity (Wildman–Crippen MR) is 98.5 cm³/mol. The maximum absolute atomic E-state index is 10.1. The van der Waals surface area contributed by atoms with Crippen molar-refractivity contribution in [2.45, 2.75) is 25.9 Å². The third kappa shape index (κ3) is 5.55. The molecule has 2 rings (SSSR count). The van der Waals surface area contributed by atoms with Crippen LogP contribution in [-0.2, 0) is 6.54 Å². The molecule has 0 aliphatic carbocycles. The molecule has 0 radical (unpaired) electrons. The number of aromatic hydroxyl groups is 1. The van der Waals surface area contributed by atoms with Crippen LogP contribution in [0.25, 0.3) is 0 Å². The summed E-state index contributed by atoms with van der Waals surface area (Å²) in [7, 11) is 3.74. The molecule has 0 spiro atoms. The molecule has 2 aromatic rings. The molecule has 2 aromatic carbocycles. The van der Waals surface area contributed by atoms with Gasteiger partial charge in [-0.3, -0.25) is 0 Å². The van der Waals surface area contributed by atoms with Gasteiger partial charge >= 0.3 is 0 Å². The first-order chi connectivity index (χ1) is 11.6. The number of nitrogens with zero attached hydrogens (tertiary/aromatic N) is 1. The second-order valence-electron chi connectivity index (χ2n) is 6.18. The fourth-order valence-corrected chi connectivity index (χ4v) is 2.77. The molecule has 2 N–H and O–H groups in total. The van der Waals surface area contributed by atoms with Gasteiger partial charge in [0.1, 0.15) is 11.5 Å². The van der Waals surface area contributed by atoms with E-state index in [4.69, 9.17) is 4.74 Å². The van der Waals surface area contributed by atoms with Crippen LogP contribution in [0.5, 0.6) is 11.5 Å². The van der Waals surface area contributed by atoms with Crippen LogP contribution in [0.4, 0.5) is 0 Å². The van der Waals surface area contributed by atoms with E-state index in [1.807, 2.05) is 18.2 Å². The quantitative estimate of drug-likeness (QED) is 0.691. The Morgan fingerprint density at radius 1 is 1.17 bits per heavy atom. The SMILES string of the molecule is COc1ccc(C(C)NCCCN(C)Cc2ccccc2)c(O)c1. The van der Waals surface area contributed by atoms with Crippen molar-refractivity contribution in [2.75, 3.05) is 27.2 Å². The number of nitrogens with one attached hydrogen (secondary N) is 1. The van der Waals surface area contributed by atoms with Crippen molar-refractivity contribution in [1.82, 2.24) is 10.2 Å². The van der Waals surface area contributed by atoms with Gasteiger partial charge in [0.25, 0.3) is 0 Å². The number of hydrogen-bond donors (Lipinski definition) is 2. The van der Waals surface area contributed by atoms with Gasteiger partial charge in [0.05, 0.1) is 7.11 Å². The summed E-state index contributed by atoms with van der Waals surface area (Å²) in [6, 6.07) is 16.1. The molecular weight excluding hydrogens is 300 g/mol. The van der Waals surface area contributed by atoms with E-state index >= 15 is 0 Å². The topological polar surface area (TPSA) is 44.7 Å². The first-order valence-corrected chi connectivity index (χ1v) is 8.43. The van der Waals surface area contributed by atoms with Gasteiger partial charge in [0.15, 0.2) is 0 Å². The van der Waals surface area contributed by atoms with Crippen molar-refractivity contribution < 1.29 is 9.84 Å². The van der Waals surface area contributed by atoms with Crippen LogP contribution >= 0.6 is 0 Å². The number of benzene rings is 2. The number of phenolic OH excluding ortho intramolecular Hbond substituents is 1. The predicted octanol–water partition coefficient (Wildman–Crippen LogP) is 3.57. The van der Waals surface area contributed by atoms with Gasteiger partial charge in [-0.25, -0.2) is 0 Å². The molecule has 1 unspecified atom stereocenters. The Bertz CT molecular complexity index is 616. The average molecular weight is 328 g/mol. The molecule has 24 heavy (non-hydrogen) atoms. The molecule has 0 bridgehead atoms. The first kappa shape index (κ1) is 18.3. The van der Waals surface area contributed by atoms with Gasteiger partial charge in [-0.1, -0.05) is 36.4 Å². The number of phenols is 1. The molecule has 0 heterocycles. The smallest absolute Gasteiger partial charge is 0.124 e. The number of methoxy groups -OCH3 is 1. The minimum Gasteiger partial charge on any atom is -0.507 e. The number of hydrogen-bond acceptors (Lipinski definition) is 4. The summed E-state index contributed by atoms with van der Waals surface area (Å²) in [5.74, 6) is 0.946. The lowest BCUT2D eigenvalue weighted by molar-refractivity contribution is 0.317. The molecule has 0 aromatic heterocycles. The fourth-order valence-electron chi connectivity index (χ4n) is 2.77. The van der Waals surface area contributed by atoms with Gasteiger partial charge < -0.3 is 20.1 Å². The van der Waals surface area contributed by atoms with Crippen molar-refractivity contribution >= 4 is 0 Å². The van der Waals surface area contributed by atoms with Crippen LogP contribution in [0.15, 0.2) is 48.5 Å². The third-order valence-electron chi connectivity index (χ3n) is 4.17. The summed E-state index contributed by atoms with van der Waals surface area (Å²) < 4.78 is 5.12. The highest BCUT2D eigenvalue weighted by molar-refractivity contribution is 5.41. The Kier molecular flexibility index (Phi) is 7.09. The summed E-state index contributed by atoms with van der Waals surface area (Å²) in [5.41, 5.74) is 2.23. The Hall–Kier alpha value is -2.04. The fraction of sp³-hybridized carbons (Fsp3) is 0.400. The zero-order chi connectivity index (χ0) is 17.4. The van der Waals surface area contributed by atoms with Crippen LogP contribution < -0.4 is 10.1 Å². The lowest BCUT2D eigenvalue weighted by atomic mass is 10.1. The zero-order valence-electron chi connectivity index (χ0n) is 14.8. The van der Waals surface area contributed by atoms with Crippen molar-refractivity contribution in [3.05, 3.63) is 59.7 Å².